The Morgan fingerprint density at radius 1 is 1.33 bits per heavy atom. The second-order valence-electron chi connectivity index (χ2n) is 5.19. The molecule has 5 heteroatoms. The molecule has 0 radical (unpaired) electrons. The van der Waals surface area contributed by atoms with Crippen molar-refractivity contribution in [2.45, 2.75) is 25.3 Å². The lowest BCUT2D eigenvalue weighted by molar-refractivity contribution is -0.131. The van der Waals surface area contributed by atoms with Gasteiger partial charge in [-0.2, -0.15) is 10.2 Å². The van der Waals surface area contributed by atoms with Gasteiger partial charge < -0.3 is 4.90 Å². The number of hydrogen-bond acceptors (Lipinski definition) is 3. The van der Waals surface area contributed by atoms with Crippen LogP contribution in [0.1, 0.15) is 30.1 Å². The van der Waals surface area contributed by atoms with Crippen LogP contribution in [-0.2, 0) is 11.2 Å². The minimum atomic E-state index is 0.0953. The summed E-state index contributed by atoms with van der Waals surface area (Å²) < 4.78 is 0. The normalized spacial score (nSPS) is 18.0. The fraction of sp³-hybridized carbons (Fsp3) is 0.312. The topological polar surface area (TPSA) is 46.1 Å². The van der Waals surface area contributed by atoms with Gasteiger partial charge >= 0.3 is 0 Å². The van der Waals surface area contributed by atoms with Gasteiger partial charge in [-0.05, 0) is 42.7 Å². The molecule has 0 aliphatic carbocycles. The molecule has 1 unspecified atom stereocenters. The smallest absolute Gasteiger partial charge is 0.229 e. The number of aromatic nitrogens is 2. The van der Waals surface area contributed by atoms with E-state index in [1.807, 2.05) is 35.2 Å². The Morgan fingerprint density at radius 2 is 2.24 bits per heavy atom. The summed E-state index contributed by atoms with van der Waals surface area (Å²) in [6.45, 7) is 0.788. The first-order chi connectivity index (χ1) is 10.2. The van der Waals surface area contributed by atoms with E-state index in [-0.39, 0.29) is 11.9 Å². The molecular formula is C16H16ClN3O. The lowest BCUT2D eigenvalue weighted by Gasteiger charge is -2.25. The summed E-state index contributed by atoms with van der Waals surface area (Å²) in [4.78, 5) is 14.4. The van der Waals surface area contributed by atoms with Crippen molar-refractivity contribution < 1.29 is 4.79 Å². The molecule has 1 aromatic heterocycles. The average molecular weight is 302 g/mol. The van der Waals surface area contributed by atoms with Crippen molar-refractivity contribution in [3.63, 3.8) is 0 Å². The largest absolute Gasteiger partial charge is 0.335 e. The minimum Gasteiger partial charge on any atom is -0.335 e. The van der Waals surface area contributed by atoms with Crippen molar-refractivity contribution in [3.05, 3.63) is 58.9 Å². The highest BCUT2D eigenvalue weighted by Crippen LogP contribution is 2.33. The number of benzene rings is 1. The van der Waals surface area contributed by atoms with Crippen LogP contribution >= 0.6 is 11.6 Å². The fourth-order valence-corrected chi connectivity index (χ4v) is 3.01. The number of carbonyl (C=O) groups excluding carboxylic acids is 1. The quantitative estimate of drug-likeness (QED) is 0.875. The Morgan fingerprint density at radius 3 is 3.00 bits per heavy atom. The van der Waals surface area contributed by atoms with E-state index < -0.39 is 0 Å². The molecule has 0 bridgehead atoms. The molecule has 2 aromatic rings. The van der Waals surface area contributed by atoms with Crippen LogP contribution in [0.3, 0.4) is 0 Å². The van der Waals surface area contributed by atoms with Crippen LogP contribution in [0.5, 0.6) is 0 Å². The van der Waals surface area contributed by atoms with E-state index in [2.05, 4.69) is 10.2 Å². The fourth-order valence-electron chi connectivity index (χ4n) is 2.81. The highest BCUT2D eigenvalue weighted by molar-refractivity contribution is 6.30. The van der Waals surface area contributed by atoms with Crippen LogP contribution < -0.4 is 0 Å². The zero-order valence-electron chi connectivity index (χ0n) is 11.6. The Balaban J connectivity index is 1.76. The van der Waals surface area contributed by atoms with Gasteiger partial charge in [0.05, 0.1) is 18.2 Å². The lowest BCUT2D eigenvalue weighted by atomic mass is 10.0. The Kier molecular flexibility index (Phi) is 4.15. The minimum absolute atomic E-state index is 0.0953. The number of carbonyl (C=O) groups is 1. The Labute approximate surface area is 128 Å². The van der Waals surface area contributed by atoms with Crippen molar-refractivity contribution >= 4 is 17.5 Å². The van der Waals surface area contributed by atoms with Crippen molar-refractivity contribution in [2.75, 3.05) is 6.54 Å². The van der Waals surface area contributed by atoms with Gasteiger partial charge in [-0.1, -0.05) is 23.7 Å². The zero-order valence-corrected chi connectivity index (χ0v) is 12.3. The standard InChI is InChI=1S/C16H16ClN3O/c17-13-5-1-4-12(10-13)15-7-3-9-20(15)16(21)11-14-6-2-8-18-19-14/h1-2,4-6,8,10,15H,3,7,9,11H2. The molecule has 0 saturated carbocycles. The van der Waals surface area contributed by atoms with E-state index in [0.29, 0.717) is 17.1 Å². The van der Waals surface area contributed by atoms with Gasteiger partial charge in [-0.15, -0.1) is 0 Å². The number of hydrogen-bond donors (Lipinski definition) is 0. The van der Waals surface area contributed by atoms with Gasteiger partial charge in [0.1, 0.15) is 0 Å². The third kappa shape index (κ3) is 3.22. The van der Waals surface area contributed by atoms with Crippen molar-refractivity contribution in [3.8, 4) is 0 Å². The maximum Gasteiger partial charge on any atom is 0.229 e. The first-order valence-electron chi connectivity index (χ1n) is 7.05. The molecule has 1 amide bonds. The monoisotopic (exact) mass is 301 g/mol. The van der Waals surface area contributed by atoms with Crippen molar-refractivity contribution in [1.82, 2.24) is 15.1 Å². The first-order valence-corrected chi connectivity index (χ1v) is 7.43. The van der Waals surface area contributed by atoms with Gasteiger partial charge in [0.15, 0.2) is 0 Å². The van der Waals surface area contributed by atoms with E-state index >= 15 is 0 Å². The van der Waals surface area contributed by atoms with Crippen LogP contribution in [0.15, 0.2) is 42.6 Å². The van der Waals surface area contributed by atoms with Gasteiger partial charge in [0, 0.05) is 17.8 Å². The molecule has 3 rings (SSSR count). The van der Waals surface area contributed by atoms with E-state index in [1.54, 1.807) is 12.3 Å². The number of rotatable bonds is 3. The van der Waals surface area contributed by atoms with Crippen LogP contribution in [0.25, 0.3) is 0 Å². The molecule has 4 nitrogen and oxygen atoms in total. The summed E-state index contributed by atoms with van der Waals surface area (Å²) in [5.41, 5.74) is 1.81. The Bertz CT molecular complexity index is 632. The molecule has 108 valence electrons. The summed E-state index contributed by atoms with van der Waals surface area (Å²) >= 11 is 6.06. The van der Waals surface area contributed by atoms with E-state index in [4.69, 9.17) is 11.6 Å². The summed E-state index contributed by atoms with van der Waals surface area (Å²) in [6.07, 6.45) is 3.90. The van der Waals surface area contributed by atoms with E-state index in [0.717, 1.165) is 24.9 Å². The van der Waals surface area contributed by atoms with Crippen LogP contribution in [0.2, 0.25) is 5.02 Å². The Hall–Kier alpha value is -1.94. The molecule has 1 aliphatic rings. The van der Waals surface area contributed by atoms with Gasteiger partial charge in [-0.3, -0.25) is 4.79 Å². The molecule has 1 atom stereocenters. The number of halogens is 1. The maximum absolute atomic E-state index is 12.5. The molecule has 2 heterocycles. The van der Waals surface area contributed by atoms with Gasteiger partial charge in [0.25, 0.3) is 0 Å². The number of nitrogens with zero attached hydrogens (tertiary/aromatic N) is 3. The molecule has 1 aliphatic heterocycles. The maximum atomic E-state index is 12.5. The van der Waals surface area contributed by atoms with Crippen LogP contribution in [-0.4, -0.2) is 27.5 Å². The summed E-state index contributed by atoms with van der Waals surface area (Å²) in [6, 6.07) is 11.5. The van der Waals surface area contributed by atoms with E-state index in [1.165, 1.54) is 0 Å². The summed E-state index contributed by atoms with van der Waals surface area (Å²) in [5.74, 6) is 0.0953. The van der Waals surface area contributed by atoms with Gasteiger partial charge in [-0.25, -0.2) is 0 Å². The van der Waals surface area contributed by atoms with Gasteiger partial charge in [0.2, 0.25) is 5.91 Å². The molecule has 1 saturated heterocycles. The highest BCUT2D eigenvalue weighted by Gasteiger charge is 2.30. The number of amides is 1. The lowest BCUT2D eigenvalue weighted by Crippen LogP contribution is -2.32. The average Bonchev–Trinajstić information content (AvgIpc) is 2.98. The SMILES string of the molecule is O=C(Cc1cccnn1)N1CCCC1c1cccc(Cl)c1. The van der Waals surface area contributed by atoms with E-state index in [9.17, 15) is 4.79 Å². The second kappa shape index (κ2) is 6.22. The molecular weight excluding hydrogens is 286 g/mol. The zero-order chi connectivity index (χ0) is 14.7. The summed E-state index contributed by atoms with van der Waals surface area (Å²) in [5, 5.41) is 8.51. The van der Waals surface area contributed by atoms with Crippen LogP contribution in [0, 0.1) is 0 Å². The third-order valence-corrected chi connectivity index (χ3v) is 4.00. The molecule has 21 heavy (non-hydrogen) atoms. The van der Waals surface area contributed by atoms with Crippen molar-refractivity contribution in [1.29, 1.82) is 0 Å². The predicted molar refractivity (Wildman–Crippen MR) is 80.9 cm³/mol. The van der Waals surface area contributed by atoms with Crippen LogP contribution in [0.4, 0.5) is 0 Å². The summed E-state index contributed by atoms with van der Waals surface area (Å²) in [7, 11) is 0. The highest BCUT2D eigenvalue weighted by atomic mass is 35.5. The predicted octanol–water partition coefficient (Wildman–Crippen LogP) is 3.04. The third-order valence-electron chi connectivity index (χ3n) is 3.77. The molecule has 0 spiro atoms. The second-order valence-corrected chi connectivity index (χ2v) is 5.63. The van der Waals surface area contributed by atoms with Crippen molar-refractivity contribution in [2.24, 2.45) is 0 Å². The number of likely N-dealkylation sites (tertiary alicyclic amines) is 1. The molecule has 1 fully saturated rings. The first kappa shape index (κ1) is 14.0. The molecule has 1 aromatic carbocycles. The molecule has 0 N–H and O–H groups in total.